The minimum Gasteiger partial charge on any atom is -0.353 e. The first-order valence-corrected chi connectivity index (χ1v) is 6.46. The van der Waals surface area contributed by atoms with E-state index in [2.05, 4.69) is 61.7 Å². The summed E-state index contributed by atoms with van der Waals surface area (Å²) >= 11 is 2.31. The standard InChI is InChI=1S/C12H12IN3/c13-9-1-5-11(6-2-9)16-8-7-14-12(16)15-10-3-4-10/h1-2,5-8,10H,3-4H2,(H,14,15). The molecule has 2 aromatic rings. The molecule has 0 amide bonds. The van der Waals surface area contributed by atoms with E-state index in [0.717, 1.165) is 11.6 Å². The van der Waals surface area contributed by atoms with Gasteiger partial charge in [0.2, 0.25) is 5.95 Å². The number of imidazole rings is 1. The molecule has 1 heterocycles. The van der Waals surface area contributed by atoms with Crippen LogP contribution >= 0.6 is 22.6 Å². The van der Waals surface area contributed by atoms with Gasteiger partial charge in [0.1, 0.15) is 0 Å². The number of nitrogens with one attached hydrogen (secondary N) is 1. The summed E-state index contributed by atoms with van der Waals surface area (Å²) in [6.07, 6.45) is 6.36. The highest BCUT2D eigenvalue weighted by atomic mass is 127. The quantitative estimate of drug-likeness (QED) is 0.879. The lowest BCUT2D eigenvalue weighted by Crippen LogP contribution is -2.07. The summed E-state index contributed by atoms with van der Waals surface area (Å²) in [5.41, 5.74) is 1.15. The molecular weight excluding hydrogens is 313 g/mol. The maximum Gasteiger partial charge on any atom is 0.207 e. The Hall–Kier alpha value is -1.04. The third-order valence-electron chi connectivity index (χ3n) is 2.66. The molecule has 0 atom stereocenters. The lowest BCUT2D eigenvalue weighted by molar-refractivity contribution is 1.00. The minimum atomic E-state index is 0.630. The van der Waals surface area contributed by atoms with Crippen molar-refractivity contribution in [2.24, 2.45) is 0 Å². The normalized spacial score (nSPS) is 15.1. The zero-order valence-electron chi connectivity index (χ0n) is 8.73. The number of halogens is 1. The lowest BCUT2D eigenvalue weighted by Gasteiger charge is -2.08. The zero-order valence-corrected chi connectivity index (χ0v) is 10.9. The Bertz CT molecular complexity index is 485. The fraction of sp³-hybridized carbons (Fsp3) is 0.250. The molecule has 4 heteroatoms. The predicted molar refractivity (Wildman–Crippen MR) is 72.9 cm³/mol. The van der Waals surface area contributed by atoms with Crippen molar-refractivity contribution in [1.29, 1.82) is 0 Å². The Morgan fingerprint density at radius 1 is 1.25 bits per heavy atom. The average Bonchev–Trinajstić information content (AvgIpc) is 2.97. The molecule has 1 fully saturated rings. The second kappa shape index (κ2) is 4.08. The summed E-state index contributed by atoms with van der Waals surface area (Å²) in [5.74, 6) is 0.948. The maximum absolute atomic E-state index is 4.35. The Labute approximate surface area is 108 Å². The molecule has 16 heavy (non-hydrogen) atoms. The van der Waals surface area contributed by atoms with Gasteiger partial charge in [0.15, 0.2) is 0 Å². The molecule has 1 N–H and O–H groups in total. The second-order valence-electron chi connectivity index (χ2n) is 4.02. The van der Waals surface area contributed by atoms with Crippen LogP contribution in [-0.4, -0.2) is 15.6 Å². The van der Waals surface area contributed by atoms with Crippen LogP contribution in [-0.2, 0) is 0 Å². The van der Waals surface area contributed by atoms with Gasteiger partial charge in [-0.25, -0.2) is 4.98 Å². The number of hydrogen-bond donors (Lipinski definition) is 1. The van der Waals surface area contributed by atoms with E-state index < -0.39 is 0 Å². The molecule has 0 saturated heterocycles. The van der Waals surface area contributed by atoms with Crippen molar-refractivity contribution < 1.29 is 0 Å². The van der Waals surface area contributed by atoms with Crippen molar-refractivity contribution >= 4 is 28.5 Å². The van der Waals surface area contributed by atoms with E-state index in [1.54, 1.807) is 0 Å². The van der Waals surface area contributed by atoms with E-state index in [9.17, 15) is 0 Å². The Kier molecular flexibility index (Phi) is 2.59. The largest absolute Gasteiger partial charge is 0.353 e. The second-order valence-corrected chi connectivity index (χ2v) is 5.26. The molecule has 0 spiro atoms. The SMILES string of the molecule is Ic1ccc(-n2ccnc2NC2CC2)cc1. The Morgan fingerprint density at radius 3 is 2.69 bits per heavy atom. The molecule has 1 aromatic heterocycles. The Balaban J connectivity index is 1.92. The van der Waals surface area contributed by atoms with Gasteiger partial charge in [-0.2, -0.15) is 0 Å². The van der Waals surface area contributed by atoms with Crippen molar-refractivity contribution in [3.05, 3.63) is 40.2 Å². The van der Waals surface area contributed by atoms with Crippen LogP contribution in [0.5, 0.6) is 0 Å². The van der Waals surface area contributed by atoms with Crippen molar-refractivity contribution in [3.8, 4) is 5.69 Å². The van der Waals surface area contributed by atoms with Crippen LogP contribution in [0, 0.1) is 3.57 Å². The number of rotatable bonds is 3. The fourth-order valence-corrected chi connectivity index (χ4v) is 1.99. The summed E-state index contributed by atoms with van der Waals surface area (Å²) in [6, 6.07) is 9.07. The molecule has 0 aliphatic heterocycles. The molecule has 0 radical (unpaired) electrons. The molecule has 1 saturated carbocycles. The van der Waals surface area contributed by atoms with E-state index in [4.69, 9.17) is 0 Å². The predicted octanol–water partition coefficient (Wildman–Crippen LogP) is 3.05. The first-order chi connectivity index (χ1) is 7.83. The van der Waals surface area contributed by atoms with Crippen molar-refractivity contribution in [3.63, 3.8) is 0 Å². The van der Waals surface area contributed by atoms with Crippen molar-refractivity contribution in [2.45, 2.75) is 18.9 Å². The van der Waals surface area contributed by atoms with Crippen LogP contribution in [0.3, 0.4) is 0 Å². The summed E-state index contributed by atoms with van der Waals surface area (Å²) in [5, 5.41) is 3.43. The first kappa shape index (κ1) is 10.1. The lowest BCUT2D eigenvalue weighted by atomic mass is 10.3. The van der Waals surface area contributed by atoms with Crippen LogP contribution in [0.2, 0.25) is 0 Å². The smallest absolute Gasteiger partial charge is 0.207 e. The molecular formula is C12H12IN3. The third kappa shape index (κ3) is 2.07. The van der Waals surface area contributed by atoms with Gasteiger partial charge in [0, 0.05) is 27.7 Å². The highest BCUT2D eigenvalue weighted by Gasteiger charge is 2.22. The number of anilines is 1. The molecule has 3 rings (SSSR count). The maximum atomic E-state index is 4.35. The average molecular weight is 325 g/mol. The minimum absolute atomic E-state index is 0.630. The molecule has 3 nitrogen and oxygen atoms in total. The van der Waals surface area contributed by atoms with Gasteiger partial charge in [0.25, 0.3) is 0 Å². The molecule has 1 aromatic carbocycles. The zero-order chi connectivity index (χ0) is 11.0. The van der Waals surface area contributed by atoms with Crippen LogP contribution < -0.4 is 5.32 Å². The topological polar surface area (TPSA) is 29.9 Å². The van der Waals surface area contributed by atoms with E-state index in [1.807, 2.05) is 12.4 Å². The van der Waals surface area contributed by atoms with E-state index in [-0.39, 0.29) is 0 Å². The van der Waals surface area contributed by atoms with Gasteiger partial charge < -0.3 is 5.32 Å². The number of nitrogens with zero attached hydrogens (tertiary/aromatic N) is 2. The number of aromatic nitrogens is 2. The summed E-state index contributed by atoms with van der Waals surface area (Å²) in [7, 11) is 0. The molecule has 82 valence electrons. The molecule has 1 aliphatic carbocycles. The number of hydrogen-bond acceptors (Lipinski definition) is 2. The van der Waals surface area contributed by atoms with Gasteiger partial charge in [-0.3, -0.25) is 4.57 Å². The highest BCUT2D eigenvalue weighted by molar-refractivity contribution is 14.1. The fourth-order valence-electron chi connectivity index (χ4n) is 1.63. The van der Waals surface area contributed by atoms with Gasteiger partial charge in [-0.15, -0.1) is 0 Å². The van der Waals surface area contributed by atoms with E-state index >= 15 is 0 Å². The first-order valence-electron chi connectivity index (χ1n) is 5.39. The summed E-state index contributed by atoms with van der Waals surface area (Å²) in [4.78, 5) is 4.35. The molecule has 1 aliphatic rings. The highest BCUT2D eigenvalue weighted by Crippen LogP contribution is 2.25. The van der Waals surface area contributed by atoms with Crippen LogP contribution in [0.1, 0.15) is 12.8 Å². The Morgan fingerprint density at radius 2 is 2.00 bits per heavy atom. The summed E-state index contributed by atoms with van der Waals surface area (Å²) < 4.78 is 3.34. The van der Waals surface area contributed by atoms with Crippen LogP contribution in [0.4, 0.5) is 5.95 Å². The number of benzene rings is 1. The summed E-state index contributed by atoms with van der Waals surface area (Å²) in [6.45, 7) is 0. The van der Waals surface area contributed by atoms with E-state index in [1.165, 1.54) is 16.4 Å². The van der Waals surface area contributed by atoms with Gasteiger partial charge in [-0.1, -0.05) is 0 Å². The van der Waals surface area contributed by atoms with Crippen molar-refractivity contribution in [2.75, 3.05) is 5.32 Å². The molecule has 0 unspecified atom stereocenters. The van der Waals surface area contributed by atoms with Gasteiger partial charge in [0.05, 0.1) is 0 Å². The molecule has 0 bridgehead atoms. The van der Waals surface area contributed by atoms with Crippen molar-refractivity contribution in [1.82, 2.24) is 9.55 Å². The monoisotopic (exact) mass is 325 g/mol. The van der Waals surface area contributed by atoms with Gasteiger partial charge in [-0.05, 0) is 59.7 Å². The van der Waals surface area contributed by atoms with E-state index in [0.29, 0.717) is 6.04 Å². The third-order valence-corrected chi connectivity index (χ3v) is 3.38. The van der Waals surface area contributed by atoms with Gasteiger partial charge >= 0.3 is 0 Å². The van der Waals surface area contributed by atoms with Crippen LogP contribution in [0.15, 0.2) is 36.7 Å². The van der Waals surface area contributed by atoms with Crippen LogP contribution in [0.25, 0.3) is 5.69 Å².